The fourth-order valence-corrected chi connectivity index (χ4v) is 2.80. The molecule has 108 valence electrons. The van der Waals surface area contributed by atoms with E-state index in [1.54, 1.807) is 11.3 Å². The van der Waals surface area contributed by atoms with Crippen LogP contribution in [0.3, 0.4) is 0 Å². The molecule has 0 saturated heterocycles. The number of hydrogen-bond acceptors (Lipinski definition) is 4. The molecule has 1 heterocycles. The monoisotopic (exact) mass is 290 g/mol. The first-order valence-electron chi connectivity index (χ1n) is 7.06. The normalized spacial score (nSPS) is 12.7. The van der Waals surface area contributed by atoms with Gasteiger partial charge in [0.05, 0.1) is 18.3 Å². The summed E-state index contributed by atoms with van der Waals surface area (Å²) in [6, 6.07) is 8.09. The maximum atomic E-state index is 6.14. The summed E-state index contributed by atoms with van der Waals surface area (Å²) in [5.74, 6) is 1.31. The Labute approximate surface area is 124 Å². The van der Waals surface area contributed by atoms with Crippen molar-refractivity contribution in [2.24, 2.45) is 11.7 Å². The van der Waals surface area contributed by atoms with Crippen LogP contribution in [0.4, 0.5) is 0 Å². The van der Waals surface area contributed by atoms with Gasteiger partial charge in [-0.2, -0.15) is 0 Å². The van der Waals surface area contributed by atoms with E-state index < -0.39 is 0 Å². The highest BCUT2D eigenvalue weighted by Crippen LogP contribution is 2.28. The minimum Gasteiger partial charge on any atom is -0.494 e. The number of thiazole rings is 1. The molecule has 1 aromatic carbocycles. The number of rotatable bonds is 6. The van der Waals surface area contributed by atoms with Crippen LogP contribution in [0, 0.1) is 5.92 Å². The molecular weight excluding hydrogens is 268 g/mol. The molecule has 4 heteroatoms. The van der Waals surface area contributed by atoms with Gasteiger partial charge in [0.15, 0.2) is 0 Å². The molecule has 0 amide bonds. The van der Waals surface area contributed by atoms with E-state index in [1.807, 2.05) is 24.3 Å². The minimum atomic E-state index is 0.0147. The van der Waals surface area contributed by atoms with Crippen molar-refractivity contribution >= 4 is 11.3 Å². The summed E-state index contributed by atoms with van der Waals surface area (Å²) < 4.78 is 5.58. The first-order chi connectivity index (χ1) is 9.61. The predicted octanol–water partition coefficient (Wildman–Crippen LogP) is 4.25. The van der Waals surface area contributed by atoms with Crippen molar-refractivity contribution < 1.29 is 4.74 Å². The molecule has 1 atom stereocenters. The summed E-state index contributed by atoms with van der Waals surface area (Å²) >= 11 is 1.63. The van der Waals surface area contributed by atoms with E-state index in [1.165, 1.54) is 0 Å². The second-order valence-electron chi connectivity index (χ2n) is 5.21. The van der Waals surface area contributed by atoms with Gasteiger partial charge in [-0.1, -0.05) is 20.8 Å². The van der Waals surface area contributed by atoms with Crippen LogP contribution in [0.15, 0.2) is 29.6 Å². The Kier molecular flexibility index (Phi) is 5.15. The topological polar surface area (TPSA) is 48.1 Å². The summed E-state index contributed by atoms with van der Waals surface area (Å²) in [7, 11) is 0. The van der Waals surface area contributed by atoms with E-state index in [0.29, 0.717) is 5.92 Å². The Balaban J connectivity index is 2.12. The number of nitrogens with zero attached hydrogens (tertiary/aromatic N) is 1. The van der Waals surface area contributed by atoms with Crippen LogP contribution in [0.1, 0.15) is 38.2 Å². The highest BCUT2D eigenvalue weighted by Gasteiger charge is 2.15. The minimum absolute atomic E-state index is 0.0147. The second-order valence-corrected chi connectivity index (χ2v) is 6.10. The lowest BCUT2D eigenvalue weighted by Gasteiger charge is -2.11. The Bertz CT molecular complexity index is 534. The van der Waals surface area contributed by atoms with Crippen LogP contribution in [-0.4, -0.2) is 11.6 Å². The molecule has 0 saturated carbocycles. The molecule has 2 rings (SSSR count). The zero-order chi connectivity index (χ0) is 14.5. The molecule has 0 radical (unpaired) electrons. The van der Waals surface area contributed by atoms with Crippen molar-refractivity contribution in [1.29, 1.82) is 0 Å². The van der Waals surface area contributed by atoms with Gasteiger partial charge < -0.3 is 10.5 Å². The lowest BCUT2D eigenvalue weighted by molar-refractivity contribution is 0.317. The highest BCUT2D eigenvalue weighted by molar-refractivity contribution is 7.10. The van der Waals surface area contributed by atoms with Crippen LogP contribution in [0.25, 0.3) is 11.3 Å². The van der Waals surface area contributed by atoms with E-state index in [-0.39, 0.29) is 6.04 Å². The van der Waals surface area contributed by atoms with Gasteiger partial charge in [0.25, 0.3) is 0 Å². The summed E-state index contributed by atoms with van der Waals surface area (Å²) in [4.78, 5) is 4.65. The number of hydrogen-bond donors (Lipinski definition) is 1. The van der Waals surface area contributed by atoms with Crippen LogP contribution in [0.5, 0.6) is 5.75 Å². The van der Waals surface area contributed by atoms with Gasteiger partial charge in [-0.15, -0.1) is 11.3 Å². The van der Waals surface area contributed by atoms with Gasteiger partial charge in [0.2, 0.25) is 0 Å². The zero-order valence-corrected chi connectivity index (χ0v) is 13.1. The molecule has 3 nitrogen and oxygen atoms in total. The van der Waals surface area contributed by atoms with E-state index in [0.717, 1.165) is 35.0 Å². The molecule has 2 aromatic rings. The third-order valence-corrected chi connectivity index (χ3v) is 4.09. The van der Waals surface area contributed by atoms with Gasteiger partial charge in [0, 0.05) is 10.9 Å². The smallest absolute Gasteiger partial charge is 0.119 e. The van der Waals surface area contributed by atoms with Crippen LogP contribution in [0.2, 0.25) is 0 Å². The van der Waals surface area contributed by atoms with Gasteiger partial charge in [-0.25, -0.2) is 4.98 Å². The lowest BCUT2D eigenvalue weighted by Crippen LogP contribution is -2.16. The van der Waals surface area contributed by atoms with Crippen molar-refractivity contribution in [2.45, 2.75) is 33.2 Å². The SMILES string of the molecule is CCCOc1ccc(-c2csc(C(N)C(C)C)n2)cc1. The molecule has 0 bridgehead atoms. The van der Waals surface area contributed by atoms with E-state index in [2.05, 4.69) is 31.1 Å². The molecule has 0 fully saturated rings. The van der Waals surface area contributed by atoms with Gasteiger partial charge in [-0.3, -0.25) is 0 Å². The molecule has 1 unspecified atom stereocenters. The Morgan fingerprint density at radius 1 is 1.25 bits per heavy atom. The van der Waals surface area contributed by atoms with Crippen molar-refractivity contribution in [2.75, 3.05) is 6.61 Å². The third-order valence-electron chi connectivity index (χ3n) is 3.15. The van der Waals surface area contributed by atoms with Crippen LogP contribution < -0.4 is 10.5 Å². The largest absolute Gasteiger partial charge is 0.494 e. The van der Waals surface area contributed by atoms with Crippen molar-refractivity contribution in [1.82, 2.24) is 4.98 Å². The van der Waals surface area contributed by atoms with Crippen molar-refractivity contribution in [3.05, 3.63) is 34.7 Å². The summed E-state index contributed by atoms with van der Waals surface area (Å²) in [6.07, 6.45) is 1.02. The fourth-order valence-electron chi connectivity index (χ4n) is 1.80. The predicted molar refractivity (Wildman–Crippen MR) is 85.1 cm³/mol. The highest BCUT2D eigenvalue weighted by atomic mass is 32.1. The molecule has 0 aliphatic rings. The van der Waals surface area contributed by atoms with E-state index in [4.69, 9.17) is 10.5 Å². The second kappa shape index (κ2) is 6.86. The van der Waals surface area contributed by atoms with E-state index in [9.17, 15) is 0 Å². The van der Waals surface area contributed by atoms with Crippen LogP contribution >= 0.6 is 11.3 Å². The summed E-state index contributed by atoms with van der Waals surface area (Å²) in [6.45, 7) is 7.09. The Morgan fingerprint density at radius 3 is 2.55 bits per heavy atom. The first-order valence-corrected chi connectivity index (χ1v) is 7.94. The summed E-state index contributed by atoms with van der Waals surface area (Å²) in [5.41, 5.74) is 8.23. The molecule has 0 spiro atoms. The number of ether oxygens (including phenoxy) is 1. The molecule has 20 heavy (non-hydrogen) atoms. The number of benzene rings is 1. The zero-order valence-electron chi connectivity index (χ0n) is 12.3. The number of nitrogens with two attached hydrogens (primary N) is 1. The first kappa shape index (κ1) is 15.0. The molecular formula is C16H22N2OS. The van der Waals surface area contributed by atoms with Gasteiger partial charge >= 0.3 is 0 Å². The van der Waals surface area contributed by atoms with Crippen molar-refractivity contribution in [3.63, 3.8) is 0 Å². The maximum absolute atomic E-state index is 6.14. The van der Waals surface area contributed by atoms with Crippen molar-refractivity contribution in [3.8, 4) is 17.0 Å². The standard InChI is InChI=1S/C16H22N2OS/c1-4-9-19-13-7-5-12(6-8-13)14-10-20-16(18-14)15(17)11(2)3/h5-8,10-11,15H,4,9,17H2,1-3H3. The van der Waals surface area contributed by atoms with E-state index >= 15 is 0 Å². The summed E-state index contributed by atoms with van der Waals surface area (Å²) in [5, 5.41) is 3.07. The average Bonchev–Trinajstić information content (AvgIpc) is 2.94. The quantitative estimate of drug-likeness (QED) is 0.865. The molecule has 2 N–H and O–H groups in total. The van der Waals surface area contributed by atoms with Crippen LogP contribution in [-0.2, 0) is 0 Å². The number of aromatic nitrogens is 1. The average molecular weight is 290 g/mol. The third kappa shape index (κ3) is 3.58. The lowest BCUT2D eigenvalue weighted by atomic mass is 10.1. The van der Waals surface area contributed by atoms with Gasteiger partial charge in [-0.05, 0) is 36.6 Å². The Morgan fingerprint density at radius 2 is 1.95 bits per heavy atom. The van der Waals surface area contributed by atoms with Gasteiger partial charge in [0.1, 0.15) is 10.8 Å². The molecule has 1 aromatic heterocycles. The molecule has 0 aliphatic carbocycles. The fraction of sp³-hybridized carbons (Fsp3) is 0.438. The Hall–Kier alpha value is -1.39. The molecule has 0 aliphatic heterocycles. The maximum Gasteiger partial charge on any atom is 0.119 e.